The summed E-state index contributed by atoms with van der Waals surface area (Å²) < 4.78 is 6.19. The molecule has 0 saturated heterocycles. The Balaban J connectivity index is 1.89. The number of halogens is 1. The first kappa shape index (κ1) is 15.1. The number of benzene rings is 2. The molecule has 4 heteroatoms. The Bertz CT molecular complexity index is 599. The number of hydrogen-bond donors (Lipinski definition) is 0. The molecule has 0 fully saturated rings. The molecular weight excluding hydrogens is 336 g/mol. The first-order chi connectivity index (χ1) is 9.67. The molecule has 2 aromatic rings. The van der Waals surface area contributed by atoms with Crippen LogP contribution in [0.1, 0.15) is 5.56 Å². The summed E-state index contributed by atoms with van der Waals surface area (Å²) in [5, 5.41) is 0. The third-order valence-electron chi connectivity index (χ3n) is 2.73. The van der Waals surface area contributed by atoms with E-state index in [2.05, 4.69) is 15.9 Å². The van der Waals surface area contributed by atoms with Gasteiger partial charge in [-0.05, 0) is 35.9 Å². The highest BCUT2D eigenvalue weighted by Gasteiger charge is 2.06. The van der Waals surface area contributed by atoms with Gasteiger partial charge in [0.15, 0.2) is 0 Å². The molecular formula is C16H15BrO2S. The van der Waals surface area contributed by atoms with Crippen molar-refractivity contribution < 1.29 is 9.53 Å². The minimum Gasteiger partial charge on any atom is -0.497 e. The zero-order valence-electron chi connectivity index (χ0n) is 11.1. The second-order valence-electron chi connectivity index (χ2n) is 4.31. The number of ketones is 1. The van der Waals surface area contributed by atoms with Crippen LogP contribution >= 0.6 is 27.7 Å². The molecule has 0 N–H and O–H groups in total. The first-order valence-corrected chi connectivity index (χ1v) is 7.98. The van der Waals surface area contributed by atoms with Crippen LogP contribution in [0, 0.1) is 0 Å². The predicted octanol–water partition coefficient (Wildman–Crippen LogP) is 4.36. The molecule has 0 aromatic heterocycles. The second-order valence-corrected chi connectivity index (χ2v) is 6.28. The quantitative estimate of drug-likeness (QED) is 0.724. The summed E-state index contributed by atoms with van der Waals surface area (Å²) in [4.78, 5) is 13.1. The molecule has 0 aliphatic carbocycles. The molecule has 0 bridgehead atoms. The number of Topliss-reactive ketones (excluding diaryl/α,β-unsaturated/α-hetero) is 1. The lowest BCUT2D eigenvalue weighted by atomic mass is 10.1. The maximum atomic E-state index is 12.0. The van der Waals surface area contributed by atoms with Crippen LogP contribution in [0.2, 0.25) is 0 Å². The molecule has 0 spiro atoms. The molecule has 0 amide bonds. The van der Waals surface area contributed by atoms with Crippen molar-refractivity contribution in [3.05, 3.63) is 58.6 Å². The van der Waals surface area contributed by atoms with Crippen LogP contribution < -0.4 is 4.74 Å². The molecule has 0 aliphatic rings. The molecule has 0 heterocycles. The van der Waals surface area contributed by atoms with Crippen molar-refractivity contribution in [2.45, 2.75) is 11.3 Å². The normalized spacial score (nSPS) is 10.3. The van der Waals surface area contributed by atoms with Gasteiger partial charge in [0.25, 0.3) is 0 Å². The Morgan fingerprint density at radius 3 is 2.75 bits per heavy atom. The maximum Gasteiger partial charge on any atom is 0.147 e. The smallest absolute Gasteiger partial charge is 0.147 e. The van der Waals surface area contributed by atoms with Crippen molar-refractivity contribution in [2.75, 3.05) is 12.9 Å². The Labute approximate surface area is 131 Å². The van der Waals surface area contributed by atoms with Gasteiger partial charge in [0.2, 0.25) is 0 Å². The first-order valence-electron chi connectivity index (χ1n) is 6.20. The SMILES string of the molecule is COc1cccc(CC(=O)CSc2cccc(Br)c2)c1. The van der Waals surface area contributed by atoms with E-state index >= 15 is 0 Å². The molecule has 0 radical (unpaired) electrons. The van der Waals surface area contributed by atoms with Gasteiger partial charge in [0.05, 0.1) is 12.9 Å². The van der Waals surface area contributed by atoms with Crippen molar-refractivity contribution in [2.24, 2.45) is 0 Å². The van der Waals surface area contributed by atoms with E-state index in [1.807, 2.05) is 48.5 Å². The fourth-order valence-electron chi connectivity index (χ4n) is 1.78. The third-order valence-corrected chi connectivity index (χ3v) is 4.28. The Morgan fingerprint density at radius 2 is 2.00 bits per heavy atom. The molecule has 0 saturated carbocycles. The molecule has 2 nitrogen and oxygen atoms in total. The van der Waals surface area contributed by atoms with Crippen molar-refractivity contribution in [1.82, 2.24) is 0 Å². The highest BCUT2D eigenvalue weighted by molar-refractivity contribution is 9.10. The van der Waals surface area contributed by atoms with Crippen LogP contribution in [-0.2, 0) is 11.2 Å². The minimum absolute atomic E-state index is 0.211. The average molecular weight is 351 g/mol. The van der Waals surface area contributed by atoms with Gasteiger partial charge in [-0.1, -0.05) is 34.1 Å². The van der Waals surface area contributed by atoms with Crippen LogP contribution in [0.25, 0.3) is 0 Å². The minimum atomic E-state index is 0.211. The van der Waals surface area contributed by atoms with Crippen LogP contribution in [0.4, 0.5) is 0 Å². The fourth-order valence-corrected chi connectivity index (χ4v) is 3.15. The van der Waals surface area contributed by atoms with Crippen molar-refractivity contribution in [1.29, 1.82) is 0 Å². The monoisotopic (exact) mass is 350 g/mol. The summed E-state index contributed by atoms with van der Waals surface area (Å²) in [5.74, 6) is 1.48. The molecule has 0 unspecified atom stereocenters. The highest BCUT2D eigenvalue weighted by Crippen LogP contribution is 2.22. The van der Waals surface area contributed by atoms with Crippen molar-refractivity contribution >= 4 is 33.5 Å². The standard InChI is InChI=1S/C16H15BrO2S/c1-19-15-6-2-4-12(9-15)8-14(18)11-20-16-7-3-5-13(17)10-16/h2-7,9-10H,8,11H2,1H3. The zero-order valence-corrected chi connectivity index (χ0v) is 13.5. The zero-order chi connectivity index (χ0) is 14.4. The number of carbonyl (C=O) groups is 1. The van der Waals surface area contributed by atoms with E-state index in [-0.39, 0.29) is 5.78 Å². The van der Waals surface area contributed by atoms with Crippen LogP contribution in [0.3, 0.4) is 0 Å². The Morgan fingerprint density at radius 1 is 1.20 bits per heavy atom. The predicted molar refractivity (Wildman–Crippen MR) is 86.6 cm³/mol. The summed E-state index contributed by atoms with van der Waals surface area (Å²) in [7, 11) is 1.63. The van der Waals surface area contributed by atoms with E-state index < -0.39 is 0 Å². The van der Waals surface area contributed by atoms with Crippen LogP contribution in [-0.4, -0.2) is 18.6 Å². The number of rotatable bonds is 6. The summed E-state index contributed by atoms with van der Waals surface area (Å²) in [6, 6.07) is 15.6. The topological polar surface area (TPSA) is 26.3 Å². The van der Waals surface area contributed by atoms with Crippen LogP contribution in [0.5, 0.6) is 5.75 Å². The molecule has 104 valence electrons. The average Bonchev–Trinajstić information content (AvgIpc) is 2.45. The van der Waals surface area contributed by atoms with Crippen molar-refractivity contribution in [3.63, 3.8) is 0 Å². The summed E-state index contributed by atoms with van der Waals surface area (Å²) in [5.41, 5.74) is 0.990. The van der Waals surface area contributed by atoms with E-state index in [0.29, 0.717) is 12.2 Å². The number of carbonyl (C=O) groups excluding carboxylic acids is 1. The van der Waals surface area contributed by atoms with E-state index in [9.17, 15) is 4.79 Å². The third kappa shape index (κ3) is 4.69. The summed E-state index contributed by atoms with van der Waals surface area (Å²) in [6.07, 6.45) is 0.443. The molecule has 0 aliphatic heterocycles. The summed E-state index contributed by atoms with van der Waals surface area (Å²) >= 11 is 4.99. The van der Waals surface area contributed by atoms with Gasteiger partial charge in [-0.15, -0.1) is 11.8 Å². The lowest BCUT2D eigenvalue weighted by Gasteiger charge is -2.04. The maximum absolute atomic E-state index is 12.0. The van der Waals surface area contributed by atoms with Gasteiger partial charge >= 0.3 is 0 Å². The van der Waals surface area contributed by atoms with Gasteiger partial charge in [0, 0.05) is 15.8 Å². The molecule has 2 rings (SSSR count). The summed E-state index contributed by atoms with van der Waals surface area (Å²) in [6.45, 7) is 0. The number of methoxy groups -OCH3 is 1. The van der Waals surface area contributed by atoms with Gasteiger partial charge in [-0.25, -0.2) is 0 Å². The van der Waals surface area contributed by atoms with Gasteiger partial charge in [0.1, 0.15) is 11.5 Å². The van der Waals surface area contributed by atoms with Gasteiger partial charge in [-0.2, -0.15) is 0 Å². The molecule has 0 atom stereocenters. The van der Waals surface area contributed by atoms with E-state index in [1.165, 1.54) is 0 Å². The Hall–Kier alpha value is -1.26. The lowest BCUT2D eigenvalue weighted by molar-refractivity contribution is -0.116. The number of ether oxygens (including phenoxy) is 1. The largest absolute Gasteiger partial charge is 0.497 e. The van der Waals surface area contributed by atoms with Gasteiger partial charge in [-0.3, -0.25) is 4.79 Å². The van der Waals surface area contributed by atoms with E-state index in [4.69, 9.17) is 4.74 Å². The highest BCUT2D eigenvalue weighted by atomic mass is 79.9. The molecule has 20 heavy (non-hydrogen) atoms. The second kappa shape index (κ2) is 7.50. The van der Waals surface area contributed by atoms with Crippen molar-refractivity contribution in [3.8, 4) is 5.75 Å². The number of thioether (sulfide) groups is 1. The Kier molecular flexibility index (Phi) is 5.68. The number of hydrogen-bond acceptors (Lipinski definition) is 3. The fraction of sp³-hybridized carbons (Fsp3) is 0.188. The van der Waals surface area contributed by atoms with Gasteiger partial charge < -0.3 is 4.74 Å². The lowest BCUT2D eigenvalue weighted by Crippen LogP contribution is -2.05. The van der Waals surface area contributed by atoms with E-state index in [0.717, 1.165) is 20.7 Å². The van der Waals surface area contributed by atoms with E-state index in [1.54, 1.807) is 18.9 Å². The van der Waals surface area contributed by atoms with Crippen LogP contribution in [0.15, 0.2) is 57.9 Å². The molecule has 2 aromatic carbocycles.